The predicted octanol–water partition coefficient (Wildman–Crippen LogP) is 1.86. The molecule has 2 N–H and O–H groups in total. The van der Waals surface area contributed by atoms with Crippen molar-refractivity contribution < 1.29 is 22.3 Å². The number of anilines is 1. The molecule has 2 aliphatic heterocycles. The Hall–Kier alpha value is -2.81. The third-order valence-electron chi connectivity index (χ3n) is 5.47. The molecule has 11 heteroatoms. The van der Waals surface area contributed by atoms with Gasteiger partial charge in [0.05, 0.1) is 18.8 Å². The summed E-state index contributed by atoms with van der Waals surface area (Å²) in [6.45, 7) is 4.43. The van der Waals surface area contributed by atoms with Gasteiger partial charge in [0.1, 0.15) is 22.4 Å². The summed E-state index contributed by atoms with van der Waals surface area (Å²) < 4.78 is 49.7. The third-order valence-corrected chi connectivity index (χ3v) is 7.31. The van der Waals surface area contributed by atoms with Gasteiger partial charge in [-0.2, -0.15) is 9.65 Å². The van der Waals surface area contributed by atoms with Crippen LogP contribution in [-0.2, 0) is 27.7 Å². The largest absolute Gasteiger partial charge is 0.377 e. The zero-order chi connectivity index (χ0) is 22.4. The highest BCUT2D eigenvalue weighted by Gasteiger charge is 2.41. The highest BCUT2D eigenvalue weighted by Crippen LogP contribution is 2.33. The van der Waals surface area contributed by atoms with Crippen LogP contribution in [0.4, 0.5) is 10.1 Å². The van der Waals surface area contributed by atoms with E-state index in [-0.39, 0.29) is 35.2 Å². The standard InChI is InChI=1S/C20H22FN5O4S/c1-12-17(19(27)24-13-7-14(9-22)23-16(21)8-13)26-6-4-3-5-15(26)18(12)31(28,29)25-20(2)10-30-11-20/h7-8,25H,3-6,10-11H2,1-2H3,(H,23,24,27). The Morgan fingerprint density at radius 2 is 2.10 bits per heavy atom. The number of nitriles is 1. The maximum atomic E-state index is 13.7. The molecule has 9 nitrogen and oxygen atoms in total. The number of pyridine rings is 1. The molecular formula is C20H22FN5O4S. The molecule has 164 valence electrons. The van der Waals surface area contributed by atoms with Gasteiger partial charge in [0.25, 0.3) is 5.91 Å². The smallest absolute Gasteiger partial charge is 0.272 e. The summed E-state index contributed by atoms with van der Waals surface area (Å²) in [7, 11) is -3.90. The number of sulfonamides is 1. The molecule has 1 saturated heterocycles. The van der Waals surface area contributed by atoms with E-state index in [1.807, 2.05) is 0 Å². The number of nitrogens with one attached hydrogen (secondary N) is 2. The van der Waals surface area contributed by atoms with Crippen LogP contribution in [0.15, 0.2) is 17.0 Å². The lowest BCUT2D eigenvalue weighted by Gasteiger charge is -2.38. The molecule has 4 rings (SSSR count). The van der Waals surface area contributed by atoms with Crippen LogP contribution in [0.1, 0.15) is 47.2 Å². The molecule has 0 radical (unpaired) electrons. The van der Waals surface area contributed by atoms with Gasteiger partial charge in [0, 0.05) is 29.6 Å². The summed E-state index contributed by atoms with van der Waals surface area (Å²) in [5.74, 6) is -1.47. The first-order valence-corrected chi connectivity index (χ1v) is 11.3. The van der Waals surface area contributed by atoms with Crippen molar-refractivity contribution >= 4 is 21.6 Å². The van der Waals surface area contributed by atoms with E-state index in [2.05, 4.69) is 15.0 Å². The van der Waals surface area contributed by atoms with Gasteiger partial charge in [-0.3, -0.25) is 4.79 Å². The number of nitrogens with zero attached hydrogens (tertiary/aromatic N) is 3. The second-order valence-corrected chi connectivity index (χ2v) is 9.77. The zero-order valence-corrected chi connectivity index (χ0v) is 18.0. The van der Waals surface area contributed by atoms with Crippen LogP contribution in [0.3, 0.4) is 0 Å². The van der Waals surface area contributed by atoms with Crippen molar-refractivity contribution in [2.75, 3.05) is 18.5 Å². The van der Waals surface area contributed by atoms with Crippen molar-refractivity contribution in [3.8, 4) is 6.07 Å². The van der Waals surface area contributed by atoms with E-state index in [9.17, 15) is 17.6 Å². The molecule has 0 bridgehead atoms. The summed E-state index contributed by atoms with van der Waals surface area (Å²) in [5.41, 5.74) is 0.346. The maximum Gasteiger partial charge on any atom is 0.272 e. The molecule has 0 spiro atoms. The minimum absolute atomic E-state index is 0.0708. The minimum atomic E-state index is -3.90. The Balaban J connectivity index is 1.74. The normalized spacial score (nSPS) is 17.4. The molecule has 0 aliphatic carbocycles. The van der Waals surface area contributed by atoms with Gasteiger partial charge in [-0.1, -0.05) is 0 Å². The molecule has 1 amide bonds. The van der Waals surface area contributed by atoms with Crippen molar-refractivity contribution in [3.05, 3.63) is 40.7 Å². The van der Waals surface area contributed by atoms with Gasteiger partial charge in [0.15, 0.2) is 0 Å². The molecule has 1 fully saturated rings. The Kier molecular flexibility index (Phi) is 5.33. The van der Waals surface area contributed by atoms with Crippen LogP contribution in [0.2, 0.25) is 0 Å². The monoisotopic (exact) mass is 447 g/mol. The number of rotatable bonds is 5. The van der Waals surface area contributed by atoms with E-state index in [4.69, 9.17) is 10.00 Å². The second-order valence-electron chi connectivity index (χ2n) is 8.15. The van der Waals surface area contributed by atoms with Crippen LogP contribution >= 0.6 is 0 Å². The number of hydrogen-bond acceptors (Lipinski definition) is 6. The number of ether oxygens (including phenoxy) is 1. The molecule has 4 heterocycles. The number of amides is 1. The van der Waals surface area contributed by atoms with Gasteiger partial charge >= 0.3 is 0 Å². The van der Waals surface area contributed by atoms with Crippen LogP contribution in [-0.4, -0.2) is 42.6 Å². The van der Waals surface area contributed by atoms with Crippen molar-refractivity contribution in [3.63, 3.8) is 0 Å². The van der Waals surface area contributed by atoms with Gasteiger partial charge in [-0.25, -0.2) is 18.1 Å². The SMILES string of the molecule is Cc1c(S(=O)(=O)NC2(C)COC2)c2n(c1C(=O)Nc1cc(F)nc(C#N)c1)CCCC2. The summed E-state index contributed by atoms with van der Waals surface area (Å²) in [5, 5.41) is 11.5. The Morgan fingerprint density at radius 1 is 1.35 bits per heavy atom. The number of aromatic nitrogens is 2. The molecule has 0 saturated carbocycles. The Morgan fingerprint density at radius 3 is 2.74 bits per heavy atom. The number of hydrogen-bond donors (Lipinski definition) is 2. The van der Waals surface area contributed by atoms with E-state index >= 15 is 0 Å². The van der Waals surface area contributed by atoms with Crippen molar-refractivity contribution in [2.45, 2.75) is 50.1 Å². The zero-order valence-electron chi connectivity index (χ0n) is 17.2. The molecule has 0 atom stereocenters. The number of carbonyl (C=O) groups is 1. The average molecular weight is 447 g/mol. The first-order chi connectivity index (χ1) is 14.6. The van der Waals surface area contributed by atoms with Crippen LogP contribution < -0.4 is 10.0 Å². The van der Waals surface area contributed by atoms with Gasteiger partial charge in [-0.05, 0) is 39.2 Å². The first kappa shape index (κ1) is 21.4. The molecule has 31 heavy (non-hydrogen) atoms. The summed E-state index contributed by atoms with van der Waals surface area (Å²) >= 11 is 0. The lowest BCUT2D eigenvalue weighted by Crippen LogP contribution is -2.59. The van der Waals surface area contributed by atoms with Crippen molar-refractivity contribution in [2.24, 2.45) is 0 Å². The molecular weight excluding hydrogens is 425 g/mol. The average Bonchev–Trinajstić information content (AvgIpc) is 2.98. The third kappa shape index (κ3) is 3.94. The van der Waals surface area contributed by atoms with E-state index in [1.165, 1.54) is 6.07 Å². The van der Waals surface area contributed by atoms with Crippen LogP contribution in [0.25, 0.3) is 0 Å². The van der Waals surface area contributed by atoms with E-state index in [0.717, 1.165) is 18.9 Å². The highest BCUT2D eigenvalue weighted by atomic mass is 32.2. The Bertz CT molecular complexity index is 1210. The second kappa shape index (κ2) is 7.71. The van der Waals surface area contributed by atoms with Gasteiger partial charge < -0.3 is 14.6 Å². The van der Waals surface area contributed by atoms with Crippen molar-refractivity contribution in [1.29, 1.82) is 5.26 Å². The Labute approximate surface area is 179 Å². The summed E-state index contributed by atoms with van der Waals surface area (Å²) in [4.78, 5) is 16.7. The predicted molar refractivity (Wildman–Crippen MR) is 109 cm³/mol. The van der Waals surface area contributed by atoms with Crippen LogP contribution in [0, 0.1) is 24.2 Å². The summed E-state index contributed by atoms with van der Waals surface area (Å²) in [6, 6.07) is 4.00. The van der Waals surface area contributed by atoms with E-state index in [1.54, 1.807) is 24.5 Å². The fourth-order valence-corrected chi connectivity index (χ4v) is 6.04. The lowest BCUT2D eigenvalue weighted by atomic mass is 10.0. The summed E-state index contributed by atoms with van der Waals surface area (Å²) in [6.07, 6.45) is 2.15. The molecule has 0 unspecified atom stereocenters. The van der Waals surface area contributed by atoms with E-state index < -0.39 is 27.4 Å². The van der Waals surface area contributed by atoms with E-state index in [0.29, 0.717) is 24.2 Å². The topological polar surface area (TPSA) is 126 Å². The fourth-order valence-electron chi connectivity index (χ4n) is 4.15. The molecule has 2 aromatic heterocycles. The molecule has 2 aliphatic rings. The van der Waals surface area contributed by atoms with Crippen molar-refractivity contribution in [1.82, 2.24) is 14.3 Å². The fraction of sp³-hybridized carbons (Fsp3) is 0.450. The maximum absolute atomic E-state index is 13.7. The highest BCUT2D eigenvalue weighted by molar-refractivity contribution is 7.89. The van der Waals surface area contributed by atoms with Crippen LogP contribution in [0.5, 0.6) is 0 Å². The number of halogens is 1. The molecule has 0 aromatic carbocycles. The van der Waals surface area contributed by atoms with Gasteiger partial charge in [-0.15, -0.1) is 0 Å². The quantitative estimate of drug-likeness (QED) is 0.674. The lowest BCUT2D eigenvalue weighted by molar-refractivity contribution is -0.0523. The number of fused-ring (bicyclic) bond motifs is 1. The number of carbonyl (C=O) groups excluding carboxylic acids is 1. The van der Waals surface area contributed by atoms with Gasteiger partial charge in [0.2, 0.25) is 16.0 Å². The minimum Gasteiger partial charge on any atom is -0.377 e. The molecule has 2 aromatic rings. The first-order valence-electron chi connectivity index (χ1n) is 9.86.